The van der Waals surface area contributed by atoms with Gasteiger partial charge in [0.1, 0.15) is 5.82 Å². The van der Waals surface area contributed by atoms with Gasteiger partial charge in [0.15, 0.2) is 0 Å². The first kappa shape index (κ1) is 16.2. The molecule has 1 amide bonds. The van der Waals surface area contributed by atoms with Crippen molar-refractivity contribution in [3.05, 3.63) is 24.0 Å². The highest BCUT2D eigenvalue weighted by Crippen LogP contribution is 2.40. The summed E-state index contributed by atoms with van der Waals surface area (Å²) in [5.41, 5.74) is 7.58. The first-order chi connectivity index (χ1) is 11.0. The Balaban J connectivity index is 1.82. The molecule has 1 aromatic carbocycles. The van der Waals surface area contributed by atoms with Crippen molar-refractivity contribution in [1.82, 2.24) is 0 Å². The number of halogens is 1. The molecule has 0 radical (unpaired) electrons. The van der Waals surface area contributed by atoms with Crippen molar-refractivity contribution in [3.63, 3.8) is 0 Å². The topological polar surface area (TPSA) is 49.6 Å². The average Bonchev–Trinajstić information content (AvgIpc) is 2.56. The van der Waals surface area contributed by atoms with Gasteiger partial charge in [-0.15, -0.1) is 0 Å². The van der Waals surface area contributed by atoms with E-state index < -0.39 is 0 Å². The van der Waals surface area contributed by atoms with Crippen LogP contribution in [-0.2, 0) is 4.79 Å². The molecule has 23 heavy (non-hydrogen) atoms. The molecular formula is C18H26FN3O. The molecule has 1 heterocycles. The van der Waals surface area contributed by atoms with E-state index in [4.69, 9.17) is 5.73 Å². The Kier molecular flexibility index (Phi) is 4.57. The predicted molar refractivity (Wildman–Crippen MR) is 91.2 cm³/mol. The molecule has 0 saturated heterocycles. The Bertz CT molecular complexity index is 584. The van der Waals surface area contributed by atoms with Crippen molar-refractivity contribution < 1.29 is 9.18 Å². The van der Waals surface area contributed by atoms with Gasteiger partial charge in [0.05, 0.1) is 11.4 Å². The summed E-state index contributed by atoms with van der Waals surface area (Å²) in [7, 11) is 1.93. The largest absolute Gasteiger partial charge is 0.371 e. The molecule has 0 bridgehead atoms. The Labute approximate surface area is 137 Å². The summed E-state index contributed by atoms with van der Waals surface area (Å²) in [4.78, 5) is 16.8. The number of hydrogen-bond donors (Lipinski definition) is 1. The molecule has 2 N–H and O–H groups in total. The zero-order valence-electron chi connectivity index (χ0n) is 13.9. The first-order valence-corrected chi connectivity index (χ1v) is 8.56. The summed E-state index contributed by atoms with van der Waals surface area (Å²) in [6.45, 7) is 1.94. The van der Waals surface area contributed by atoms with Gasteiger partial charge in [-0.3, -0.25) is 4.79 Å². The number of nitrogens with two attached hydrogens (primary N) is 1. The zero-order chi connectivity index (χ0) is 16.4. The monoisotopic (exact) mass is 319 g/mol. The average molecular weight is 319 g/mol. The molecule has 1 aliphatic heterocycles. The van der Waals surface area contributed by atoms with Gasteiger partial charge in [-0.05, 0) is 43.0 Å². The van der Waals surface area contributed by atoms with Crippen LogP contribution in [0, 0.1) is 11.2 Å². The number of amides is 1. The minimum absolute atomic E-state index is 0.0428. The summed E-state index contributed by atoms with van der Waals surface area (Å²) in [5, 5.41) is 0. The van der Waals surface area contributed by atoms with E-state index in [-0.39, 0.29) is 17.1 Å². The molecule has 0 atom stereocenters. The molecular weight excluding hydrogens is 293 g/mol. The number of carbonyl (C=O) groups excluding carboxylic acids is 1. The number of fused-ring (bicyclic) bond motifs is 1. The number of likely N-dealkylation sites (N-methyl/N-ethyl adjacent to an activating group) is 1. The van der Waals surface area contributed by atoms with Crippen LogP contribution >= 0.6 is 0 Å². The number of benzene rings is 1. The second kappa shape index (κ2) is 6.48. The maximum atomic E-state index is 13.5. The van der Waals surface area contributed by atoms with E-state index in [9.17, 15) is 9.18 Å². The quantitative estimate of drug-likeness (QED) is 0.932. The fourth-order valence-corrected chi connectivity index (χ4v) is 3.95. The first-order valence-electron chi connectivity index (χ1n) is 8.56. The Hall–Kier alpha value is -1.62. The third kappa shape index (κ3) is 3.20. The lowest BCUT2D eigenvalue weighted by Crippen LogP contribution is -2.46. The third-order valence-electron chi connectivity index (χ3n) is 5.47. The molecule has 0 spiro atoms. The SMILES string of the molecule is CN1CCN(C(=O)CC2(CN)CCCCC2)c2ccc(F)cc21. The molecule has 0 aromatic heterocycles. The molecule has 1 saturated carbocycles. The van der Waals surface area contributed by atoms with Crippen LogP contribution in [0.4, 0.5) is 15.8 Å². The number of hydrogen-bond acceptors (Lipinski definition) is 3. The molecule has 1 aliphatic carbocycles. The molecule has 1 aromatic rings. The Morgan fingerprint density at radius 1 is 1.22 bits per heavy atom. The number of anilines is 2. The van der Waals surface area contributed by atoms with Crippen molar-refractivity contribution >= 4 is 17.3 Å². The van der Waals surface area contributed by atoms with Gasteiger partial charge >= 0.3 is 0 Å². The third-order valence-corrected chi connectivity index (χ3v) is 5.47. The van der Waals surface area contributed by atoms with Gasteiger partial charge < -0.3 is 15.5 Å². The van der Waals surface area contributed by atoms with Crippen LogP contribution in [-0.4, -0.2) is 32.6 Å². The van der Waals surface area contributed by atoms with Crippen LogP contribution in [0.5, 0.6) is 0 Å². The highest BCUT2D eigenvalue weighted by Gasteiger charge is 2.36. The van der Waals surface area contributed by atoms with E-state index in [0.717, 1.165) is 43.6 Å². The van der Waals surface area contributed by atoms with E-state index in [1.807, 2.05) is 16.8 Å². The molecule has 4 nitrogen and oxygen atoms in total. The van der Waals surface area contributed by atoms with Crippen LogP contribution in [0.3, 0.4) is 0 Å². The lowest BCUT2D eigenvalue weighted by atomic mass is 9.71. The highest BCUT2D eigenvalue weighted by atomic mass is 19.1. The van der Waals surface area contributed by atoms with Crippen LogP contribution in [0.1, 0.15) is 38.5 Å². The van der Waals surface area contributed by atoms with Gasteiger partial charge in [-0.25, -0.2) is 4.39 Å². The van der Waals surface area contributed by atoms with E-state index in [1.165, 1.54) is 18.6 Å². The van der Waals surface area contributed by atoms with E-state index in [0.29, 0.717) is 19.5 Å². The Morgan fingerprint density at radius 2 is 1.96 bits per heavy atom. The molecule has 0 unspecified atom stereocenters. The fourth-order valence-electron chi connectivity index (χ4n) is 3.95. The molecule has 126 valence electrons. The number of carbonyl (C=O) groups is 1. The molecule has 2 aliphatic rings. The van der Waals surface area contributed by atoms with Gasteiger partial charge in [0, 0.05) is 26.6 Å². The lowest BCUT2D eigenvalue weighted by molar-refractivity contribution is -0.121. The summed E-state index contributed by atoms with van der Waals surface area (Å²) in [6, 6.07) is 4.65. The zero-order valence-corrected chi connectivity index (χ0v) is 13.9. The second-order valence-electron chi connectivity index (χ2n) is 7.04. The molecule has 1 fully saturated rings. The van der Waals surface area contributed by atoms with Gasteiger partial charge in [0.2, 0.25) is 5.91 Å². The Morgan fingerprint density at radius 3 is 2.65 bits per heavy atom. The smallest absolute Gasteiger partial charge is 0.227 e. The van der Waals surface area contributed by atoms with E-state index in [2.05, 4.69) is 0 Å². The van der Waals surface area contributed by atoms with Crippen LogP contribution < -0.4 is 15.5 Å². The van der Waals surface area contributed by atoms with E-state index in [1.54, 1.807) is 6.07 Å². The summed E-state index contributed by atoms with van der Waals surface area (Å²) < 4.78 is 13.5. The molecule has 5 heteroatoms. The maximum absolute atomic E-state index is 13.5. The van der Waals surface area contributed by atoms with Crippen molar-refractivity contribution in [1.29, 1.82) is 0 Å². The van der Waals surface area contributed by atoms with Gasteiger partial charge in [-0.2, -0.15) is 0 Å². The van der Waals surface area contributed by atoms with Crippen LogP contribution in [0.25, 0.3) is 0 Å². The van der Waals surface area contributed by atoms with Gasteiger partial charge in [0.25, 0.3) is 0 Å². The normalized spacial score (nSPS) is 20.3. The van der Waals surface area contributed by atoms with Crippen molar-refractivity contribution in [2.24, 2.45) is 11.1 Å². The fraction of sp³-hybridized carbons (Fsp3) is 0.611. The minimum Gasteiger partial charge on any atom is -0.371 e. The minimum atomic E-state index is -0.268. The number of rotatable bonds is 3. The maximum Gasteiger partial charge on any atom is 0.227 e. The van der Waals surface area contributed by atoms with Crippen molar-refractivity contribution in [2.45, 2.75) is 38.5 Å². The second-order valence-corrected chi connectivity index (χ2v) is 7.04. The van der Waals surface area contributed by atoms with Crippen molar-refractivity contribution in [3.8, 4) is 0 Å². The highest BCUT2D eigenvalue weighted by molar-refractivity contribution is 5.98. The van der Waals surface area contributed by atoms with Crippen LogP contribution in [0.2, 0.25) is 0 Å². The summed E-state index contributed by atoms with van der Waals surface area (Å²) in [6.07, 6.45) is 6.15. The predicted octanol–water partition coefficient (Wildman–Crippen LogP) is 2.91. The summed E-state index contributed by atoms with van der Waals surface area (Å²) >= 11 is 0. The van der Waals surface area contributed by atoms with Crippen molar-refractivity contribution in [2.75, 3.05) is 36.5 Å². The van der Waals surface area contributed by atoms with Gasteiger partial charge in [-0.1, -0.05) is 19.3 Å². The number of nitrogens with zero attached hydrogens (tertiary/aromatic N) is 2. The summed E-state index contributed by atoms with van der Waals surface area (Å²) in [5.74, 6) is -0.145. The molecule has 3 rings (SSSR count). The lowest BCUT2D eigenvalue weighted by Gasteiger charge is -2.40. The van der Waals surface area contributed by atoms with Crippen LogP contribution in [0.15, 0.2) is 18.2 Å². The standard InChI is InChI=1S/C18H26FN3O/c1-21-9-10-22(15-6-5-14(19)11-16(15)21)17(23)12-18(13-20)7-3-2-4-8-18/h5-6,11H,2-4,7-10,12-13,20H2,1H3. The van der Waals surface area contributed by atoms with E-state index >= 15 is 0 Å².